The summed E-state index contributed by atoms with van der Waals surface area (Å²) in [5.41, 5.74) is 1.40. The van der Waals surface area contributed by atoms with Gasteiger partial charge in [0.15, 0.2) is 5.78 Å². The fourth-order valence-electron chi connectivity index (χ4n) is 3.05. The molecular weight excluding hydrogens is 172 g/mol. The van der Waals surface area contributed by atoms with Gasteiger partial charge in [0.05, 0.1) is 0 Å². The van der Waals surface area contributed by atoms with Crippen molar-refractivity contribution in [2.75, 3.05) is 0 Å². The van der Waals surface area contributed by atoms with Crippen molar-refractivity contribution in [3.63, 3.8) is 0 Å². The largest absolute Gasteiger partial charge is 0.295 e. The minimum Gasteiger partial charge on any atom is -0.295 e. The summed E-state index contributed by atoms with van der Waals surface area (Å²) in [6.45, 7) is 8.38. The summed E-state index contributed by atoms with van der Waals surface area (Å²) in [6.07, 6.45) is 5.81. The van der Waals surface area contributed by atoms with Crippen molar-refractivity contribution >= 4 is 5.78 Å². The van der Waals surface area contributed by atoms with Gasteiger partial charge in [-0.3, -0.25) is 4.79 Å². The molecule has 4 atom stereocenters. The summed E-state index contributed by atoms with van der Waals surface area (Å²) < 4.78 is 0. The van der Waals surface area contributed by atoms with E-state index in [0.29, 0.717) is 29.5 Å². The van der Waals surface area contributed by atoms with Gasteiger partial charge in [-0.25, -0.2) is 0 Å². The average Bonchev–Trinajstić information content (AvgIpc) is 2.64. The number of rotatable bonds is 2. The quantitative estimate of drug-likeness (QED) is 0.612. The Bertz CT molecular complexity index is 300. The van der Waals surface area contributed by atoms with Gasteiger partial charge in [-0.2, -0.15) is 0 Å². The van der Waals surface area contributed by atoms with Crippen LogP contribution in [0.5, 0.6) is 0 Å². The number of ketones is 1. The second-order valence-electron chi connectivity index (χ2n) is 4.82. The molecule has 0 saturated heterocycles. The summed E-state index contributed by atoms with van der Waals surface area (Å²) in [6, 6.07) is 0. The van der Waals surface area contributed by atoms with E-state index in [1.54, 1.807) is 0 Å². The maximum Gasteiger partial charge on any atom is 0.156 e. The summed E-state index contributed by atoms with van der Waals surface area (Å²) in [5.74, 6) is 2.82. The Morgan fingerprint density at radius 3 is 2.86 bits per heavy atom. The SMILES string of the molecule is C=C[C@H](C)[C@H]1CC2=CC(=O)C[C@H]2[C@@H]1C. The van der Waals surface area contributed by atoms with E-state index in [-0.39, 0.29) is 0 Å². The molecule has 2 aliphatic carbocycles. The molecule has 0 radical (unpaired) electrons. The highest BCUT2D eigenvalue weighted by Crippen LogP contribution is 2.48. The van der Waals surface area contributed by atoms with Crippen LogP contribution in [0.15, 0.2) is 24.3 Å². The molecule has 0 aromatic rings. The zero-order valence-electron chi connectivity index (χ0n) is 8.99. The third-order valence-corrected chi connectivity index (χ3v) is 4.07. The monoisotopic (exact) mass is 190 g/mol. The van der Waals surface area contributed by atoms with Crippen LogP contribution in [-0.4, -0.2) is 5.78 Å². The minimum atomic E-state index is 0.335. The third-order valence-electron chi connectivity index (χ3n) is 4.07. The van der Waals surface area contributed by atoms with Crippen LogP contribution in [0.4, 0.5) is 0 Å². The number of carbonyl (C=O) groups is 1. The predicted octanol–water partition coefficient (Wildman–Crippen LogP) is 2.98. The normalized spacial score (nSPS) is 38.0. The Hall–Kier alpha value is -0.850. The van der Waals surface area contributed by atoms with Crippen LogP contribution in [0.1, 0.15) is 26.7 Å². The molecule has 1 saturated carbocycles. The second kappa shape index (κ2) is 3.38. The van der Waals surface area contributed by atoms with Crippen LogP contribution in [0.2, 0.25) is 0 Å². The van der Waals surface area contributed by atoms with Crippen LogP contribution < -0.4 is 0 Å². The van der Waals surface area contributed by atoms with Gasteiger partial charge < -0.3 is 0 Å². The molecule has 0 aromatic heterocycles. The fraction of sp³-hybridized carbons (Fsp3) is 0.615. The molecule has 0 aromatic carbocycles. The zero-order valence-corrected chi connectivity index (χ0v) is 8.99. The van der Waals surface area contributed by atoms with Gasteiger partial charge in [0.2, 0.25) is 0 Å². The molecule has 0 N–H and O–H groups in total. The van der Waals surface area contributed by atoms with Crippen LogP contribution in [0.25, 0.3) is 0 Å². The van der Waals surface area contributed by atoms with Crippen LogP contribution in [0, 0.1) is 23.7 Å². The van der Waals surface area contributed by atoms with Gasteiger partial charge in [-0.05, 0) is 36.2 Å². The number of allylic oxidation sites excluding steroid dienone is 3. The lowest BCUT2D eigenvalue weighted by atomic mass is 9.82. The van der Waals surface area contributed by atoms with E-state index < -0.39 is 0 Å². The highest BCUT2D eigenvalue weighted by molar-refractivity contribution is 5.93. The van der Waals surface area contributed by atoms with E-state index in [1.165, 1.54) is 5.57 Å². The Kier molecular flexibility index (Phi) is 2.34. The lowest BCUT2D eigenvalue weighted by molar-refractivity contribution is -0.114. The van der Waals surface area contributed by atoms with E-state index in [4.69, 9.17) is 0 Å². The first-order valence-corrected chi connectivity index (χ1v) is 5.49. The zero-order chi connectivity index (χ0) is 10.3. The first-order valence-electron chi connectivity index (χ1n) is 5.49. The van der Waals surface area contributed by atoms with Gasteiger partial charge in [-0.1, -0.05) is 25.5 Å². The molecule has 0 aliphatic heterocycles. The smallest absolute Gasteiger partial charge is 0.156 e. The number of hydrogen-bond acceptors (Lipinski definition) is 1. The van der Waals surface area contributed by atoms with Gasteiger partial charge in [0, 0.05) is 6.42 Å². The molecule has 0 unspecified atom stereocenters. The third kappa shape index (κ3) is 1.35. The van der Waals surface area contributed by atoms with E-state index >= 15 is 0 Å². The van der Waals surface area contributed by atoms with Crippen molar-refractivity contribution in [2.24, 2.45) is 23.7 Å². The maximum atomic E-state index is 11.3. The fourth-order valence-corrected chi connectivity index (χ4v) is 3.05. The van der Waals surface area contributed by atoms with Crippen molar-refractivity contribution in [3.8, 4) is 0 Å². The highest BCUT2D eigenvalue weighted by Gasteiger charge is 2.41. The van der Waals surface area contributed by atoms with Crippen molar-refractivity contribution in [3.05, 3.63) is 24.3 Å². The molecule has 76 valence electrons. The van der Waals surface area contributed by atoms with Crippen molar-refractivity contribution in [2.45, 2.75) is 26.7 Å². The van der Waals surface area contributed by atoms with Gasteiger partial charge in [0.25, 0.3) is 0 Å². The van der Waals surface area contributed by atoms with Crippen molar-refractivity contribution in [1.29, 1.82) is 0 Å². The van der Waals surface area contributed by atoms with Gasteiger partial charge in [-0.15, -0.1) is 6.58 Å². The first kappa shape index (κ1) is 9.70. The molecule has 1 nitrogen and oxygen atoms in total. The van der Waals surface area contributed by atoms with Crippen molar-refractivity contribution < 1.29 is 4.79 Å². The lowest BCUT2D eigenvalue weighted by Gasteiger charge is -2.22. The van der Waals surface area contributed by atoms with E-state index in [9.17, 15) is 4.79 Å². The highest BCUT2D eigenvalue weighted by atomic mass is 16.1. The summed E-state index contributed by atoms with van der Waals surface area (Å²) in [5, 5.41) is 0. The van der Waals surface area contributed by atoms with E-state index in [1.807, 2.05) is 12.2 Å². The summed E-state index contributed by atoms with van der Waals surface area (Å²) >= 11 is 0. The van der Waals surface area contributed by atoms with Gasteiger partial charge >= 0.3 is 0 Å². The second-order valence-corrected chi connectivity index (χ2v) is 4.82. The lowest BCUT2D eigenvalue weighted by Crippen LogP contribution is -2.17. The number of carbonyl (C=O) groups excluding carboxylic acids is 1. The summed E-state index contributed by atoms with van der Waals surface area (Å²) in [7, 11) is 0. The van der Waals surface area contributed by atoms with Gasteiger partial charge in [0.1, 0.15) is 0 Å². The molecule has 0 heterocycles. The minimum absolute atomic E-state index is 0.335. The molecule has 2 rings (SSSR count). The standard InChI is InChI=1S/C13H18O/c1-4-8(2)12-6-10-5-11(14)7-13(10)9(12)3/h4-5,8-9,12-13H,1,6-7H2,2-3H3/t8-,9+,12+,13-/m0/s1. The Labute approximate surface area is 85.9 Å². The van der Waals surface area contributed by atoms with E-state index in [2.05, 4.69) is 20.4 Å². The molecule has 0 amide bonds. The van der Waals surface area contributed by atoms with Crippen molar-refractivity contribution in [1.82, 2.24) is 0 Å². The molecule has 0 bridgehead atoms. The molecule has 0 spiro atoms. The Morgan fingerprint density at radius 2 is 2.29 bits per heavy atom. The predicted molar refractivity (Wildman–Crippen MR) is 57.8 cm³/mol. The van der Waals surface area contributed by atoms with Crippen LogP contribution in [-0.2, 0) is 4.79 Å². The molecule has 2 aliphatic rings. The molecular formula is C13H18O. The average molecular weight is 190 g/mol. The maximum absolute atomic E-state index is 11.3. The molecule has 14 heavy (non-hydrogen) atoms. The molecule has 1 heteroatoms. The van der Waals surface area contributed by atoms with Crippen LogP contribution in [0.3, 0.4) is 0 Å². The van der Waals surface area contributed by atoms with Crippen LogP contribution >= 0.6 is 0 Å². The topological polar surface area (TPSA) is 17.1 Å². The number of hydrogen-bond donors (Lipinski definition) is 0. The Morgan fingerprint density at radius 1 is 1.57 bits per heavy atom. The summed E-state index contributed by atoms with van der Waals surface area (Å²) in [4.78, 5) is 11.3. The number of fused-ring (bicyclic) bond motifs is 1. The van der Waals surface area contributed by atoms with E-state index in [0.717, 1.165) is 12.8 Å². The first-order chi connectivity index (χ1) is 6.63. The Balaban J connectivity index is 2.18. The molecule has 1 fully saturated rings.